The Hall–Kier alpha value is -1.34. The van der Waals surface area contributed by atoms with Gasteiger partial charge in [-0.05, 0) is 32.6 Å². The molecule has 0 aromatic carbocycles. The molecule has 0 aliphatic heterocycles. The van der Waals surface area contributed by atoms with Crippen molar-refractivity contribution in [1.82, 2.24) is 0 Å². The lowest BCUT2D eigenvalue weighted by Gasteiger charge is -2.10. The average Bonchev–Trinajstić information content (AvgIpc) is 2.48. The summed E-state index contributed by atoms with van der Waals surface area (Å²) in [6, 6.07) is 0. The van der Waals surface area contributed by atoms with Crippen LogP contribution in [0.5, 0.6) is 0 Å². The first kappa shape index (κ1) is 21.7. The molecule has 4 heteroatoms. The fourth-order valence-electron chi connectivity index (χ4n) is 2.43. The Labute approximate surface area is 140 Å². The normalized spacial score (nSPS) is 13.0. The molecule has 0 heterocycles. The zero-order chi connectivity index (χ0) is 17.5. The first-order valence-corrected chi connectivity index (χ1v) is 8.86. The summed E-state index contributed by atoms with van der Waals surface area (Å²) in [5.74, 6) is 5.13. The molecular weight excluding hydrogens is 292 g/mol. The molecule has 0 aliphatic rings. The number of Topliss-reactive ketones (excluding diaryl/α,β-unsaturated/α-hetero) is 1. The minimum Gasteiger partial charge on any atom is -0.481 e. The van der Waals surface area contributed by atoms with Crippen molar-refractivity contribution in [3.05, 3.63) is 0 Å². The fourth-order valence-corrected chi connectivity index (χ4v) is 2.43. The molecule has 0 amide bonds. The average molecular weight is 324 g/mol. The molecule has 0 saturated heterocycles. The van der Waals surface area contributed by atoms with Gasteiger partial charge in [-0.2, -0.15) is 0 Å². The highest BCUT2D eigenvalue weighted by Crippen LogP contribution is 2.16. The Balaban J connectivity index is 3.94. The molecule has 0 fully saturated rings. The van der Waals surface area contributed by atoms with Crippen molar-refractivity contribution >= 4 is 11.8 Å². The van der Waals surface area contributed by atoms with Crippen LogP contribution in [0.25, 0.3) is 0 Å². The highest BCUT2D eigenvalue weighted by atomic mass is 16.4. The highest BCUT2D eigenvalue weighted by Gasteiger charge is 2.12. The first-order chi connectivity index (χ1) is 11.0. The van der Waals surface area contributed by atoms with Gasteiger partial charge < -0.3 is 10.2 Å². The SMILES string of the molecule is CCCCC[C@@H](O)C#CC[C@H](CCCCCCC(=O)O)C(C)=O. The van der Waals surface area contributed by atoms with Crippen molar-refractivity contribution in [3.8, 4) is 11.8 Å². The first-order valence-electron chi connectivity index (χ1n) is 8.86. The summed E-state index contributed by atoms with van der Waals surface area (Å²) in [7, 11) is 0. The zero-order valence-electron chi connectivity index (χ0n) is 14.6. The van der Waals surface area contributed by atoms with E-state index in [1.54, 1.807) is 6.92 Å². The number of rotatable bonds is 13. The number of aliphatic hydroxyl groups is 1. The maximum Gasteiger partial charge on any atom is 0.303 e. The van der Waals surface area contributed by atoms with Crippen LogP contribution < -0.4 is 0 Å². The Morgan fingerprint density at radius 1 is 1.00 bits per heavy atom. The van der Waals surface area contributed by atoms with Gasteiger partial charge in [-0.25, -0.2) is 0 Å². The van der Waals surface area contributed by atoms with Crippen LogP contribution in [0.2, 0.25) is 0 Å². The zero-order valence-corrected chi connectivity index (χ0v) is 14.6. The molecule has 0 radical (unpaired) electrons. The third-order valence-corrected chi connectivity index (χ3v) is 3.97. The summed E-state index contributed by atoms with van der Waals surface area (Å²) in [5, 5.41) is 18.3. The van der Waals surface area contributed by atoms with E-state index in [4.69, 9.17) is 5.11 Å². The van der Waals surface area contributed by atoms with Gasteiger partial charge in [-0.1, -0.05) is 50.9 Å². The molecule has 132 valence electrons. The largest absolute Gasteiger partial charge is 0.481 e. The summed E-state index contributed by atoms with van der Waals surface area (Å²) in [4.78, 5) is 22.0. The Morgan fingerprint density at radius 2 is 1.65 bits per heavy atom. The molecule has 2 atom stereocenters. The minimum absolute atomic E-state index is 0.0650. The van der Waals surface area contributed by atoms with Crippen molar-refractivity contribution in [1.29, 1.82) is 0 Å². The monoisotopic (exact) mass is 324 g/mol. The maximum absolute atomic E-state index is 11.6. The van der Waals surface area contributed by atoms with E-state index < -0.39 is 12.1 Å². The number of aliphatic carboxylic acids is 1. The van der Waals surface area contributed by atoms with Crippen molar-refractivity contribution in [3.63, 3.8) is 0 Å². The van der Waals surface area contributed by atoms with Gasteiger partial charge in [0.05, 0.1) is 0 Å². The number of unbranched alkanes of at least 4 members (excludes halogenated alkanes) is 5. The Kier molecular flexibility index (Phi) is 13.4. The van der Waals surface area contributed by atoms with Crippen LogP contribution in [-0.2, 0) is 9.59 Å². The van der Waals surface area contributed by atoms with Crippen molar-refractivity contribution in [2.75, 3.05) is 0 Å². The van der Waals surface area contributed by atoms with Gasteiger partial charge in [0.25, 0.3) is 0 Å². The molecule has 0 spiro atoms. The molecule has 0 unspecified atom stereocenters. The van der Waals surface area contributed by atoms with E-state index in [1.807, 2.05) is 0 Å². The van der Waals surface area contributed by atoms with E-state index in [1.165, 1.54) is 0 Å². The third-order valence-electron chi connectivity index (χ3n) is 3.97. The van der Waals surface area contributed by atoms with Crippen LogP contribution >= 0.6 is 0 Å². The number of carbonyl (C=O) groups is 2. The van der Waals surface area contributed by atoms with Gasteiger partial charge in [-0.15, -0.1) is 0 Å². The summed E-state index contributed by atoms with van der Waals surface area (Å²) < 4.78 is 0. The van der Waals surface area contributed by atoms with Crippen molar-refractivity contribution < 1.29 is 19.8 Å². The molecule has 23 heavy (non-hydrogen) atoms. The van der Waals surface area contributed by atoms with Gasteiger partial charge in [0.1, 0.15) is 11.9 Å². The van der Waals surface area contributed by atoms with Crippen LogP contribution in [0, 0.1) is 17.8 Å². The van der Waals surface area contributed by atoms with E-state index in [2.05, 4.69) is 18.8 Å². The van der Waals surface area contributed by atoms with E-state index >= 15 is 0 Å². The van der Waals surface area contributed by atoms with Crippen LogP contribution in [0.15, 0.2) is 0 Å². The standard InChI is InChI=1S/C19H32O4/c1-3-4-7-13-18(21)14-10-12-17(16(2)20)11-8-5-6-9-15-19(22)23/h17-18,21H,3-9,11-13,15H2,1-2H3,(H,22,23)/t17-,18+/m0/s1. The lowest BCUT2D eigenvalue weighted by Crippen LogP contribution is -2.10. The van der Waals surface area contributed by atoms with E-state index in [0.717, 1.165) is 44.9 Å². The second kappa shape index (κ2) is 14.3. The molecule has 2 N–H and O–H groups in total. The summed E-state index contributed by atoms with van der Waals surface area (Å²) in [6.45, 7) is 3.71. The lowest BCUT2D eigenvalue weighted by molar-refractivity contribution is -0.137. The molecule has 0 aromatic heterocycles. The molecule has 0 rings (SSSR count). The second-order valence-corrected chi connectivity index (χ2v) is 6.19. The minimum atomic E-state index is -0.751. The van der Waals surface area contributed by atoms with Crippen LogP contribution in [0.1, 0.15) is 84.5 Å². The van der Waals surface area contributed by atoms with Crippen molar-refractivity contribution in [2.45, 2.75) is 90.6 Å². The topological polar surface area (TPSA) is 74.6 Å². The predicted octanol–water partition coefficient (Wildman–Crippen LogP) is 3.95. The molecule has 0 aromatic rings. The number of hydrogen-bond donors (Lipinski definition) is 2. The van der Waals surface area contributed by atoms with Crippen LogP contribution in [-0.4, -0.2) is 28.1 Å². The number of carboxylic acid groups (broad SMARTS) is 1. The Morgan fingerprint density at radius 3 is 2.26 bits per heavy atom. The number of ketones is 1. The van der Waals surface area contributed by atoms with E-state index in [-0.39, 0.29) is 18.1 Å². The summed E-state index contributed by atoms with van der Waals surface area (Å²) >= 11 is 0. The van der Waals surface area contributed by atoms with Gasteiger partial charge >= 0.3 is 5.97 Å². The number of hydrogen-bond acceptors (Lipinski definition) is 3. The van der Waals surface area contributed by atoms with Gasteiger partial charge in [0.15, 0.2) is 0 Å². The highest BCUT2D eigenvalue weighted by molar-refractivity contribution is 5.78. The smallest absolute Gasteiger partial charge is 0.303 e. The molecule has 0 saturated carbocycles. The number of carbonyl (C=O) groups excluding carboxylic acids is 1. The third kappa shape index (κ3) is 14.0. The Bertz CT molecular complexity index is 392. The molecule has 0 aliphatic carbocycles. The lowest BCUT2D eigenvalue weighted by atomic mass is 9.94. The quantitative estimate of drug-likeness (QED) is 0.397. The van der Waals surface area contributed by atoms with Crippen LogP contribution in [0.4, 0.5) is 0 Å². The molecular formula is C19H32O4. The predicted molar refractivity (Wildman–Crippen MR) is 92.1 cm³/mol. The number of carboxylic acids is 1. The van der Waals surface area contributed by atoms with E-state index in [9.17, 15) is 14.7 Å². The molecule has 0 bridgehead atoms. The van der Waals surface area contributed by atoms with Gasteiger partial charge in [-0.3, -0.25) is 9.59 Å². The maximum atomic E-state index is 11.6. The summed E-state index contributed by atoms with van der Waals surface area (Å²) in [5.41, 5.74) is 0. The second-order valence-electron chi connectivity index (χ2n) is 6.19. The summed E-state index contributed by atoms with van der Waals surface area (Å²) in [6.07, 6.45) is 8.32. The van der Waals surface area contributed by atoms with Crippen molar-refractivity contribution in [2.24, 2.45) is 5.92 Å². The molecule has 4 nitrogen and oxygen atoms in total. The van der Waals surface area contributed by atoms with Crippen LogP contribution in [0.3, 0.4) is 0 Å². The van der Waals surface area contributed by atoms with Gasteiger partial charge in [0.2, 0.25) is 0 Å². The van der Waals surface area contributed by atoms with Gasteiger partial charge in [0, 0.05) is 18.8 Å². The number of aliphatic hydroxyl groups excluding tert-OH is 1. The van der Waals surface area contributed by atoms with E-state index in [0.29, 0.717) is 19.3 Å². The fraction of sp³-hybridized carbons (Fsp3) is 0.789.